The van der Waals surface area contributed by atoms with Crippen LogP contribution in [0.3, 0.4) is 0 Å². The molecule has 1 aliphatic carbocycles. The number of halogens is 1. The van der Waals surface area contributed by atoms with E-state index in [-0.39, 0.29) is 0 Å². The topological polar surface area (TPSA) is 12.0 Å². The van der Waals surface area contributed by atoms with Crippen LogP contribution < -0.4 is 5.32 Å². The predicted octanol–water partition coefficient (Wildman–Crippen LogP) is 4.93. The van der Waals surface area contributed by atoms with E-state index in [0.717, 1.165) is 23.3 Å². The smallest absolute Gasteiger partial charge is 0.0406 e. The van der Waals surface area contributed by atoms with Crippen LogP contribution in [0.25, 0.3) is 0 Å². The molecule has 20 heavy (non-hydrogen) atoms. The Kier molecular flexibility index (Phi) is 5.14. The van der Waals surface area contributed by atoms with Crippen molar-refractivity contribution in [2.24, 2.45) is 17.3 Å². The summed E-state index contributed by atoms with van der Waals surface area (Å²) in [5.41, 5.74) is 1.84. The second-order valence-corrected chi connectivity index (χ2v) is 7.80. The Labute approximate surface area is 129 Å². The van der Waals surface area contributed by atoms with Crippen molar-refractivity contribution in [2.45, 2.75) is 52.5 Å². The molecule has 1 fully saturated rings. The quantitative estimate of drug-likeness (QED) is 0.833. The van der Waals surface area contributed by atoms with Crippen LogP contribution in [0.4, 0.5) is 0 Å². The Bertz CT molecular complexity index is 418. The molecule has 0 bridgehead atoms. The van der Waals surface area contributed by atoms with Gasteiger partial charge >= 0.3 is 0 Å². The average molecular weight is 294 g/mol. The lowest BCUT2D eigenvalue weighted by atomic mass is 9.66. The highest BCUT2D eigenvalue weighted by Crippen LogP contribution is 2.41. The number of benzene rings is 1. The summed E-state index contributed by atoms with van der Waals surface area (Å²) in [5.74, 6) is 1.57. The molecule has 0 aromatic heterocycles. The molecule has 1 N–H and O–H groups in total. The molecule has 3 unspecified atom stereocenters. The van der Waals surface area contributed by atoms with Gasteiger partial charge in [-0.3, -0.25) is 0 Å². The van der Waals surface area contributed by atoms with Gasteiger partial charge in [0.25, 0.3) is 0 Å². The molecule has 3 atom stereocenters. The lowest BCUT2D eigenvalue weighted by Gasteiger charge is -2.42. The van der Waals surface area contributed by atoms with Crippen LogP contribution in [-0.4, -0.2) is 13.1 Å². The molecule has 0 radical (unpaired) electrons. The molecule has 1 aliphatic rings. The van der Waals surface area contributed by atoms with Crippen molar-refractivity contribution in [1.29, 1.82) is 0 Å². The predicted molar refractivity (Wildman–Crippen MR) is 88.3 cm³/mol. The fourth-order valence-electron chi connectivity index (χ4n) is 3.58. The molecule has 1 nitrogen and oxygen atoms in total. The zero-order valence-electron chi connectivity index (χ0n) is 13.2. The monoisotopic (exact) mass is 293 g/mol. The lowest BCUT2D eigenvalue weighted by molar-refractivity contribution is 0.117. The lowest BCUT2D eigenvalue weighted by Crippen LogP contribution is -2.42. The van der Waals surface area contributed by atoms with Crippen molar-refractivity contribution in [1.82, 2.24) is 5.32 Å². The van der Waals surface area contributed by atoms with Gasteiger partial charge in [0.05, 0.1) is 0 Å². The van der Waals surface area contributed by atoms with E-state index in [1.54, 1.807) is 0 Å². The van der Waals surface area contributed by atoms with Gasteiger partial charge < -0.3 is 5.32 Å². The second kappa shape index (κ2) is 6.49. The Morgan fingerprint density at radius 2 is 1.80 bits per heavy atom. The minimum Gasteiger partial charge on any atom is -0.317 e. The maximum atomic E-state index is 5.98. The highest BCUT2D eigenvalue weighted by atomic mass is 35.5. The highest BCUT2D eigenvalue weighted by molar-refractivity contribution is 6.30. The van der Waals surface area contributed by atoms with Crippen molar-refractivity contribution in [3.8, 4) is 0 Å². The standard InChI is InChI=1S/C18H28ClN/c1-18(2,3)15-7-10-17(20-4)14(12-15)11-13-5-8-16(19)9-6-13/h5-6,8-9,14-15,17,20H,7,10-12H2,1-4H3. The van der Waals surface area contributed by atoms with E-state index < -0.39 is 0 Å². The molecule has 0 amide bonds. The summed E-state index contributed by atoms with van der Waals surface area (Å²) in [6.07, 6.45) is 5.15. The molecule has 2 rings (SSSR count). The van der Waals surface area contributed by atoms with Crippen molar-refractivity contribution in [2.75, 3.05) is 7.05 Å². The molecular formula is C18H28ClN. The summed E-state index contributed by atoms with van der Waals surface area (Å²) in [6, 6.07) is 9.03. The third-order valence-electron chi connectivity index (χ3n) is 4.99. The van der Waals surface area contributed by atoms with Gasteiger partial charge in [0.15, 0.2) is 0 Å². The van der Waals surface area contributed by atoms with Gasteiger partial charge in [-0.05, 0) is 67.7 Å². The van der Waals surface area contributed by atoms with E-state index in [1.807, 2.05) is 12.1 Å². The fraction of sp³-hybridized carbons (Fsp3) is 0.667. The van der Waals surface area contributed by atoms with Gasteiger partial charge in [0, 0.05) is 11.1 Å². The van der Waals surface area contributed by atoms with Crippen LogP contribution in [0.1, 0.15) is 45.6 Å². The first kappa shape index (κ1) is 15.9. The molecule has 0 saturated heterocycles. The second-order valence-electron chi connectivity index (χ2n) is 7.36. The molecule has 0 spiro atoms. The van der Waals surface area contributed by atoms with E-state index in [4.69, 9.17) is 11.6 Å². The summed E-state index contributed by atoms with van der Waals surface area (Å²) in [4.78, 5) is 0. The first-order chi connectivity index (χ1) is 9.40. The summed E-state index contributed by atoms with van der Waals surface area (Å²) in [7, 11) is 2.11. The van der Waals surface area contributed by atoms with Gasteiger partial charge in [0.1, 0.15) is 0 Å². The van der Waals surface area contributed by atoms with Gasteiger partial charge in [-0.15, -0.1) is 0 Å². The maximum Gasteiger partial charge on any atom is 0.0406 e. The molecule has 1 aromatic carbocycles. The molecule has 0 heterocycles. The van der Waals surface area contributed by atoms with Gasteiger partial charge in [-0.1, -0.05) is 44.5 Å². The third kappa shape index (κ3) is 3.99. The number of nitrogens with one attached hydrogen (secondary N) is 1. The third-order valence-corrected chi connectivity index (χ3v) is 5.24. The van der Waals surface area contributed by atoms with Crippen LogP contribution >= 0.6 is 11.6 Å². The maximum absolute atomic E-state index is 5.98. The van der Waals surface area contributed by atoms with Crippen LogP contribution in [0.2, 0.25) is 5.02 Å². The Balaban J connectivity index is 2.07. The van der Waals surface area contributed by atoms with Gasteiger partial charge in [-0.25, -0.2) is 0 Å². The minimum absolute atomic E-state index is 0.428. The largest absolute Gasteiger partial charge is 0.317 e. The van der Waals surface area contributed by atoms with Gasteiger partial charge in [-0.2, -0.15) is 0 Å². The summed E-state index contributed by atoms with van der Waals surface area (Å²) in [6.45, 7) is 7.16. The van der Waals surface area contributed by atoms with Crippen LogP contribution in [0, 0.1) is 17.3 Å². The molecule has 0 aliphatic heterocycles. The van der Waals surface area contributed by atoms with Crippen LogP contribution in [-0.2, 0) is 6.42 Å². The number of rotatable bonds is 3. The molecule has 1 aromatic rings. The van der Waals surface area contributed by atoms with E-state index >= 15 is 0 Å². The highest BCUT2D eigenvalue weighted by Gasteiger charge is 2.35. The summed E-state index contributed by atoms with van der Waals surface area (Å²) < 4.78 is 0. The Morgan fingerprint density at radius 3 is 2.35 bits per heavy atom. The van der Waals surface area contributed by atoms with E-state index in [9.17, 15) is 0 Å². The van der Waals surface area contributed by atoms with Crippen molar-refractivity contribution < 1.29 is 0 Å². The number of hydrogen-bond acceptors (Lipinski definition) is 1. The SMILES string of the molecule is CNC1CCC(C(C)(C)C)CC1Cc1ccc(Cl)cc1. The van der Waals surface area contributed by atoms with Gasteiger partial charge in [0.2, 0.25) is 0 Å². The zero-order valence-corrected chi connectivity index (χ0v) is 14.0. The van der Waals surface area contributed by atoms with Crippen molar-refractivity contribution in [3.05, 3.63) is 34.9 Å². The van der Waals surface area contributed by atoms with E-state index in [0.29, 0.717) is 11.5 Å². The minimum atomic E-state index is 0.428. The Morgan fingerprint density at radius 1 is 1.15 bits per heavy atom. The average Bonchev–Trinajstić information content (AvgIpc) is 2.40. The normalized spacial score (nSPS) is 27.6. The van der Waals surface area contributed by atoms with Crippen LogP contribution in [0.15, 0.2) is 24.3 Å². The summed E-state index contributed by atoms with van der Waals surface area (Å²) >= 11 is 5.98. The molecule has 112 valence electrons. The number of hydrogen-bond donors (Lipinski definition) is 1. The van der Waals surface area contributed by atoms with E-state index in [1.165, 1.54) is 24.8 Å². The van der Waals surface area contributed by atoms with Crippen molar-refractivity contribution in [3.63, 3.8) is 0 Å². The summed E-state index contributed by atoms with van der Waals surface area (Å²) in [5, 5.41) is 4.36. The van der Waals surface area contributed by atoms with E-state index in [2.05, 4.69) is 45.3 Å². The first-order valence-corrected chi connectivity index (χ1v) is 8.19. The molecule has 1 saturated carbocycles. The molecular weight excluding hydrogens is 266 g/mol. The molecule has 2 heteroatoms. The fourth-order valence-corrected chi connectivity index (χ4v) is 3.71. The Hall–Kier alpha value is -0.530. The van der Waals surface area contributed by atoms with Crippen LogP contribution in [0.5, 0.6) is 0 Å². The van der Waals surface area contributed by atoms with Crippen molar-refractivity contribution >= 4 is 11.6 Å². The first-order valence-electron chi connectivity index (χ1n) is 7.82. The zero-order chi connectivity index (χ0) is 14.8.